The van der Waals surface area contributed by atoms with Crippen molar-refractivity contribution in [3.05, 3.63) is 50.9 Å². The Morgan fingerprint density at radius 1 is 0.900 bits per heavy atom. The average molecular weight is 410 g/mol. The average Bonchev–Trinajstić information content (AvgIpc) is 2.38. The SMILES string of the molecule is COc1ccc(-c2cc(C(F)(F)F)ccc2Br)c(Br)c1. The van der Waals surface area contributed by atoms with E-state index in [1.54, 1.807) is 18.2 Å². The summed E-state index contributed by atoms with van der Waals surface area (Å²) in [5.74, 6) is 0.628. The van der Waals surface area contributed by atoms with Crippen LogP contribution >= 0.6 is 31.9 Å². The van der Waals surface area contributed by atoms with Gasteiger partial charge in [-0.15, -0.1) is 0 Å². The highest BCUT2D eigenvalue weighted by atomic mass is 79.9. The van der Waals surface area contributed by atoms with E-state index >= 15 is 0 Å². The van der Waals surface area contributed by atoms with Gasteiger partial charge in [0.1, 0.15) is 5.75 Å². The first-order valence-corrected chi connectivity index (χ1v) is 7.12. The summed E-state index contributed by atoms with van der Waals surface area (Å²) in [7, 11) is 1.53. The molecule has 0 amide bonds. The maximum atomic E-state index is 12.8. The zero-order valence-electron chi connectivity index (χ0n) is 10.3. The third-order valence-corrected chi connectivity index (χ3v) is 4.11. The zero-order valence-corrected chi connectivity index (χ0v) is 13.4. The van der Waals surface area contributed by atoms with Gasteiger partial charge in [0.05, 0.1) is 12.7 Å². The molecule has 2 aromatic carbocycles. The van der Waals surface area contributed by atoms with Crippen molar-refractivity contribution in [1.82, 2.24) is 0 Å². The molecule has 0 bridgehead atoms. The van der Waals surface area contributed by atoms with Gasteiger partial charge in [-0.05, 0) is 47.5 Å². The third-order valence-electron chi connectivity index (χ3n) is 2.76. The van der Waals surface area contributed by atoms with Crippen LogP contribution in [0.3, 0.4) is 0 Å². The van der Waals surface area contributed by atoms with E-state index in [1.165, 1.54) is 13.2 Å². The molecule has 0 radical (unpaired) electrons. The van der Waals surface area contributed by atoms with E-state index in [4.69, 9.17) is 4.74 Å². The number of hydrogen-bond acceptors (Lipinski definition) is 1. The van der Waals surface area contributed by atoms with Crippen LogP contribution in [0.2, 0.25) is 0 Å². The van der Waals surface area contributed by atoms with Gasteiger partial charge in [-0.1, -0.05) is 31.9 Å². The third kappa shape index (κ3) is 3.17. The molecule has 0 spiro atoms. The predicted molar refractivity (Wildman–Crippen MR) is 78.8 cm³/mol. The van der Waals surface area contributed by atoms with E-state index in [1.807, 2.05) is 0 Å². The van der Waals surface area contributed by atoms with Crippen molar-refractivity contribution in [3.8, 4) is 16.9 Å². The summed E-state index contributed by atoms with van der Waals surface area (Å²) in [5.41, 5.74) is 0.441. The Balaban J connectivity index is 2.57. The second-order valence-corrected chi connectivity index (χ2v) is 5.75. The Morgan fingerprint density at radius 3 is 2.15 bits per heavy atom. The Bertz CT molecular complexity index is 639. The Morgan fingerprint density at radius 2 is 1.60 bits per heavy atom. The first-order chi connectivity index (χ1) is 9.32. The second-order valence-electron chi connectivity index (χ2n) is 4.04. The number of methoxy groups -OCH3 is 1. The lowest BCUT2D eigenvalue weighted by atomic mass is 10.0. The normalized spacial score (nSPS) is 11.5. The first kappa shape index (κ1) is 15.4. The Kier molecular flexibility index (Phi) is 4.44. The number of ether oxygens (including phenoxy) is 1. The Hall–Kier alpha value is -1.01. The minimum Gasteiger partial charge on any atom is -0.497 e. The number of hydrogen-bond donors (Lipinski definition) is 0. The van der Waals surface area contributed by atoms with Crippen LogP contribution in [0.25, 0.3) is 11.1 Å². The highest BCUT2D eigenvalue weighted by molar-refractivity contribution is 9.11. The summed E-state index contributed by atoms with van der Waals surface area (Å²) in [4.78, 5) is 0. The van der Waals surface area contributed by atoms with Crippen LogP contribution in [0.1, 0.15) is 5.56 Å². The molecule has 0 aliphatic heterocycles. The van der Waals surface area contributed by atoms with E-state index < -0.39 is 11.7 Å². The fourth-order valence-electron chi connectivity index (χ4n) is 1.75. The lowest BCUT2D eigenvalue weighted by Gasteiger charge is -2.12. The second kappa shape index (κ2) is 5.77. The van der Waals surface area contributed by atoms with E-state index in [-0.39, 0.29) is 0 Å². The molecular weight excluding hydrogens is 401 g/mol. The van der Waals surface area contributed by atoms with Crippen molar-refractivity contribution in [2.75, 3.05) is 7.11 Å². The largest absolute Gasteiger partial charge is 0.497 e. The molecular formula is C14H9Br2F3O. The standard InChI is InChI=1S/C14H9Br2F3O/c1-20-9-3-4-10(13(16)7-9)11-6-8(14(17,18)19)2-5-12(11)15/h2-7H,1H3. The van der Waals surface area contributed by atoms with Crippen LogP contribution in [0.4, 0.5) is 13.2 Å². The van der Waals surface area contributed by atoms with Gasteiger partial charge in [0, 0.05) is 8.95 Å². The van der Waals surface area contributed by atoms with Gasteiger partial charge in [0.15, 0.2) is 0 Å². The molecule has 106 valence electrons. The molecule has 0 atom stereocenters. The summed E-state index contributed by atoms with van der Waals surface area (Å²) in [5, 5.41) is 0. The molecule has 0 aromatic heterocycles. The molecule has 2 rings (SSSR count). The van der Waals surface area contributed by atoms with Crippen molar-refractivity contribution in [3.63, 3.8) is 0 Å². The lowest BCUT2D eigenvalue weighted by molar-refractivity contribution is -0.137. The minimum atomic E-state index is -4.37. The molecule has 0 saturated carbocycles. The van der Waals surface area contributed by atoms with Crippen LogP contribution in [0, 0.1) is 0 Å². The van der Waals surface area contributed by atoms with Crippen LogP contribution < -0.4 is 4.74 Å². The van der Waals surface area contributed by atoms with Crippen LogP contribution in [-0.2, 0) is 6.18 Å². The minimum absolute atomic E-state index is 0.467. The molecule has 1 nitrogen and oxygen atoms in total. The summed E-state index contributed by atoms with van der Waals surface area (Å²) in [6.45, 7) is 0. The van der Waals surface area contributed by atoms with Crippen molar-refractivity contribution < 1.29 is 17.9 Å². The number of alkyl halides is 3. The molecule has 0 N–H and O–H groups in total. The first-order valence-electron chi connectivity index (χ1n) is 5.53. The van der Waals surface area contributed by atoms with Crippen LogP contribution in [0.15, 0.2) is 45.3 Å². The van der Waals surface area contributed by atoms with Gasteiger partial charge < -0.3 is 4.74 Å². The summed E-state index contributed by atoms with van der Waals surface area (Å²) in [6, 6.07) is 8.69. The van der Waals surface area contributed by atoms with Crippen molar-refractivity contribution in [2.45, 2.75) is 6.18 Å². The van der Waals surface area contributed by atoms with E-state index in [0.29, 0.717) is 25.8 Å². The molecule has 2 aromatic rings. The molecule has 6 heteroatoms. The van der Waals surface area contributed by atoms with Gasteiger partial charge in [0.25, 0.3) is 0 Å². The highest BCUT2D eigenvalue weighted by Gasteiger charge is 2.31. The maximum absolute atomic E-state index is 12.8. The van der Waals surface area contributed by atoms with Gasteiger partial charge in [-0.25, -0.2) is 0 Å². The quantitative estimate of drug-likeness (QED) is 0.599. The summed E-state index contributed by atoms with van der Waals surface area (Å²) < 4.78 is 44.7. The van der Waals surface area contributed by atoms with E-state index in [2.05, 4.69) is 31.9 Å². The number of rotatable bonds is 2. The molecule has 0 unspecified atom stereocenters. The fourth-order valence-corrected chi connectivity index (χ4v) is 2.78. The smallest absolute Gasteiger partial charge is 0.416 e. The molecule has 0 fully saturated rings. The predicted octanol–water partition coefficient (Wildman–Crippen LogP) is 5.91. The number of benzene rings is 2. The number of halogens is 5. The molecule has 20 heavy (non-hydrogen) atoms. The van der Waals surface area contributed by atoms with Crippen molar-refractivity contribution in [2.24, 2.45) is 0 Å². The van der Waals surface area contributed by atoms with Gasteiger partial charge >= 0.3 is 6.18 Å². The topological polar surface area (TPSA) is 9.23 Å². The highest BCUT2D eigenvalue weighted by Crippen LogP contribution is 2.39. The van der Waals surface area contributed by atoms with E-state index in [9.17, 15) is 13.2 Å². The van der Waals surface area contributed by atoms with Crippen molar-refractivity contribution in [1.29, 1.82) is 0 Å². The molecule has 0 heterocycles. The monoisotopic (exact) mass is 408 g/mol. The van der Waals surface area contributed by atoms with Gasteiger partial charge in [0.2, 0.25) is 0 Å². The van der Waals surface area contributed by atoms with E-state index in [0.717, 1.165) is 12.1 Å². The zero-order chi connectivity index (χ0) is 14.9. The Labute approximate surface area is 131 Å². The van der Waals surface area contributed by atoms with Gasteiger partial charge in [-0.3, -0.25) is 0 Å². The summed E-state index contributed by atoms with van der Waals surface area (Å²) >= 11 is 6.64. The van der Waals surface area contributed by atoms with Crippen LogP contribution in [0.5, 0.6) is 5.75 Å². The molecule has 0 saturated heterocycles. The lowest BCUT2D eigenvalue weighted by Crippen LogP contribution is -2.04. The summed E-state index contributed by atoms with van der Waals surface area (Å²) in [6.07, 6.45) is -4.37. The van der Waals surface area contributed by atoms with Crippen LogP contribution in [-0.4, -0.2) is 7.11 Å². The fraction of sp³-hybridized carbons (Fsp3) is 0.143. The molecule has 0 aliphatic carbocycles. The molecule has 0 aliphatic rings. The van der Waals surface area contributed by atoms with Gasteiger partial charge in [-0.2, -0.15) is 13.2 Å². The van der Waals surface area contributed by atoms with Crippen molar-refractivity contribution >= 4 is 31.9 Å². The maximum Gasteiger partial charge on any atom is 0.416 e.